The van der Waals surface area contributed by atoms with Gasteiger partial charge in [0.25, 0.3) is 0 Å². The van der Waals surface area contributed by atoms with Crippen LogP contribution in [-0.2, 0) is 4.79 Å². The maximum atomic E-state index is 11.9. The minimum Gasteiger partial charge on any atom is -0.461 e. The van der Waals surface area contributed by atoms with E-state index < -0.39 is 0 Å². The molecule has 0 aliphatic carbocycles. The van der Waals surface area contributed by atoms with Crippen LogP contribution in [0.15, 0.2) is 0 Å². The lowest BCUT2D eigenvalue weighted by atomic mass is 10.4. The van der Waals surface area contributed by atoms with E-state index in [1.807, 2.05) is 34.6 Å². The number of hydrogen-bond acceptors (Lipinski definition) is 7. The zero-order valence-electron chi connectivity index (χ0n) is 13.3. The molecule has 0 unspecified atom stereocenters. The van der Waals surface area contributed by atoms with Crippen LogP contribution >= 0.6 is 0 Å². The number of nitrogens with zero attached hydrogens (tertiary/aromatic N) is 4. The summed E-state index contributed by atoms with van der Waals surface area (Å²) >= 11 is 0. The monoisotopic (exact) mass is 296 g/mol. The lowest BCUT2D eigenvalue weighted by molar-refractivity contribution is -0.120. The number of nitrogens with two attached hydrogens (primary N) is 1. The zero-order chi connectivity index (χ0) is 16.0. The summed E-state index contributed by atoms with van der Waals surface area (Å²) in [5.41, 5.74) is 5.67. The summed E-state index contributed by atoms with van der Waals surface area (Å²) in [6.07, 6.45) is -0.0704. The summed E-state index contributed by atoms with van der Waals surface area (Å²) in [6, 6.07) is 0.245. The molecule has 0 bridgehead atoms. The number of likely N-dealkylation sites (N-methyl/N-ethyl adjacent to an activating group) is 1. The Bertz CT molecular complexity index is 478. The van der Waals surface area contributed by atoms with Crippen molar-refractivity contribution < 1.29 is 9.53 Å². The van der Waals surface area contributed by atoms with Gasteiger partial charge in [-0.05, 0) is 34.6 Å². The van der Waals surface area contributed by atoms with E-state index in [1.165, 1.54) is 0 Å². The van der Waals surface area contributed by atoms with Gasteiger partial charge in [0.05, 0.1) is 12.6 Å². The van der Waals surface area contributed by atoms with Crippen LogP contribution in [0.1, 0.15) is 34.6 Å². The average Bonchev–Trinajstić information content (AvgIpc) is 2.33. The summed E-state index contributed by atoms with van der Waals surface area (Å²) in [6.45, 7) is 10.2. The maximum Gasteiger partial charge on any atom is 0.323 e. The highest BCUT2D eigenvalue weighted by molar-refractivity contribution is 5.81. The molecule has 1 aromatic rings. The third-order valence-electron chi connectivity index (χ3n) is 2.41. The van der Waals surface area contributed by atoms with E-state index in [9.17, 15) is 4.79 Å². The van der Waals surface area contributed by atoms with Crippen molar-refractivity contribution in [1.82, 2.24) is 20.3 Å². The van der Waals surface area contributed by atoms with E-state index in [0.29, 0.717) is 12.5 Å². The Hall–Kier alpha value is -2.12. The van der Waals surface area contributed by atoms with Crippen molar-refractivity contribution in [3.05, 3.63) is 0 Å². The summed E-state index contributed by atoms with van der Waals surface area (Å²) in [4.78, 5) is 25.8. The van der Waals surface area contributed by atoms with Crippen molar-refractivity contribution in [3.8, 4) is 6.01 Å². The predicted octanol–water partition coefficient (Wildman–Crippen LogP) is 0.592. The second kappa shape index (κ2) is 7.61. The molecule has 0 aromatic carbocycles. The molecule has 8 heteroatoms. The van der Waals surface area contributed by atoms with Gasteiger partial charge in [0.15, 0.2) is 0 Å². The minimum atomic E-state index is -0.0999. The second-order valence-corrected chi connectivity index (χ2v) is 5.18. The molecule has 1 amide bonds. The Balaban J connectivity index is 2.89. The van der Waals surface area contributed by atoms with Gasteiger partial charge in [-0.15, -0.1) is 0 Å². The zero-order valence-corrected chi connectivity index (χ0v) is 13.3. The molecule has 118 valence electrons. The first-order valence-electron chi connectivity index (χ1n) is 7.04. The number of hydrogen-bond donors (Lipinski definition) is 2. The van der Waals surface area contributed by atoms with Crippen molar-refractivity contribution in [2.24, 2.45) is 0 Å². The highest BCUT2D eigenvalue weighted by atomic mass is 16.5. The van der Waals surface area contributed by atoms with Crippen LogP contribution in [0, 0.1) is 0 Å². The van der Waals surface area contributed by atoms with Crippen LogP contribution in [0.2, 0.25) is 0 Å². The van der Waals surface area contributed by atoms with Crippen molar-refractivity contribution in [2.75, 3.05) is 23.7 Å². The van der Waals surface area contributed by atoms with Crippen molar-refractivity contribution in [3.63, 3.8) is 0 Å². The molecule has 0 saturated carbocycles. The second-order valence-electron chi connectivity index (χ2n) is 5.18. The van der Waals surface area contributed by atoms with Crippen molar-refractivity contribution >= 4 is 17.8 Å². The predicted molar refractivity (Wildman–Crippen MR) is 81.2 cm³/mol. The van der Waals surface area contributed by atoms with Gasteiger partial charge in [0.1, 0.15) is 0 Å². The number of nitrogens with one attached hydrogen (secondary N) is 1. The smallest absolute Gasteiger partial charge is 0.323 e. The summed E-state index contributed by atoms with van der Waals surface area (Å²) < 4.78 is 5.43. The first-order chi connectivity index (χ1) is 9.81. The quantitative estimate of drug-likeness (QED) is 0.758. The lowest BCUT2D eigenvalue weighted by Gasteiger charge is -2.21. The molecular weight excluding hydrogens is 272 g/mol. The Labute approximate surface area is 125 Å². The fraction of sp³-hybridized carbons (Fsp3) is 0.692. The number of rotatable bonds is 7. The molecule has 1 aromatic heterocycles. The van der Waals surface area contributed by atoms with Crippen LogP contribution in [0.4, 0.5) is 11.9 Å². The molecule has 1 heterocycles. The SMILES string of the molecule is CCN(CC(=O)NC(C)C)c1nc(N)nc(OC(C)C)n1. The summed E-state index contributed by atoms with van der Waals surface area (Å²) in [5, 5.41) is 2.82. The first kappa shape index (κ1) is 16.9. The molecule has 0 radical (unpaired) electrons. The van der Waals surface area contributed by atoms with Crippen molar-refractivity contribution in [1.29, 1.82) is 0 Å². The number of carbonyl (C=O) groups is 1. The Morgan fingerprint density at radius 1 is 1.29 bits per heavy atom. The van der Waals surface area contributed by atoms with Crippen molar-refractivity contribution in [2.45, 2.75) is 46.8 Å². The van der Waals surface area contributed by atoms with Gasteiger partial charge >= 0.3 is 6.01 Å². The van der Waals surface area contributed by atoms with E-state index in [2.05, 4.69) is 20.3 Å². The summed E-state index contributed by atoms with van der Waals surface area (Å²) in [7, 11) is 0. The molecule has 0 atom stereocenters. The molecular formula is C13H24N6O2. The number of amides is 1. The largest absolute Gasteiger partial charge is 0.461 e. The minimum absolute atomic E-state index is 0.0679. The molecule has 21 heavy (non-hydrogen) atoms. The van der Waals surface area contributed by atoms with Gasteiger partial charge in [-0.25, -0.2) is 0 Å². The van der Waals surface area contributed by atoms with E-state index in [1.54, 1.807) is 4.90 Å². The highest BCUT2D eigenvalue weighted by Gasteiger charge is 2.16. The van der Waals surface area contributed by atoms with E-state index in [-0.39, 0.29) is 36.6 Å². The summed E-state index contributed by atoms with van der Waals surface area (Å²) in [5.74, 6) is 0.301. The van der Waals surface area contributed by atoms with E-state index in [0.717, 1.165) is 0 Å². The van der Waals surface area contributed by atoms with Crippen LogP contribution in [0.25, 0.3) is 0 Å². The maximum absolute atomic E-state index is 11.9. The molecule has 0 aliphatic heterocycles. The van der Waals surface area contributed by atoms with E-state index in [4.69, 9.17) is 10.5 Å². The van der Waals surface area contributed by atoms with Gasteiger partial charge in [-0.1, -0.05) is 0 Å². The van der Waals surface area contributed by atoms with Crippen LogP contribution in [0.3, 0.4) is 0 Å². The number of anilines is 2. The van der Waals surface area contributed by atoms with E-state index >= 15 is 0 Å². The highest BCUT2D eigenvalue weighted by Crippen LogP contribution is 2.14. The third kappa shape index (κ3) is 5.80. The number of nitrogen functional groups attached to an aromatic ring is 1. The Morgan fingerprint density at radius 2 is 1.95 bits per heavy atom. The average molecular weight is 296 g/mol. The molecule has 8 nitrogen and oxygen atoms in total. The molecule has 0 spiro atoms. The molecule has 1 rings (SSSR count). The molecule has 0 aliphatic rings. The molecule has 0 saturated heterocycles. The first-order valence-corrected chi connectivity index (χ1v) is 7.04. The lowest BCUT2D eigenvalue weighted by Crippen LogP contribution is -2.40. The van der Waals surface area contributed by atoms with Gasteiger partial charge in [0.2, 0.25) is 17.8 Å². The van der Waals surface area contributed by atoms with Gasteiger partial charge in [-0.3, -0.25) is 4.79 Å². The van der Waals surface area contributed by atoms with Gasteiger partial charge < -0.3 is 20.7 Å². The normalized spacial score (nSPS) is 10.8. The topological polar surface area (TPSA) is 106 Å². The number of carbonyl (C=O) groups excluding carboxylic acids is 1. The Kier molecular flexibility index (Phi) is 6.13. The fourth-order valence-electron chi connectivity index (χ4n) is 1.63. The fourth-order valence-corrected chi connectivity index (χ4v) is 1.63. The van der Waals surface area contributed by atoms with Crippen LogP contribution < -0.4 is 20.7 Å². The Morgan fingerprint density at radius 3 is 2.48 bits per heavy atom. The number of aromatic nitrogens is 3. The molecule has 0 fully saturated rings. The standard InChI is InChI=1S/C13H24N6O2/c1-6-19(7-10(20)15-8(2)3)12-16-11(14)17-13(18-12)21-9(4)5/h8-9H,6-7H2,1-5H3,(H,15,20)(H2,14,16,17,18). The number of ether oxygens (including phenoxy) is 1. The third-order valence-corrected chi connectivity index (χ3v) is 2.41. The van der Waals surface area contributed by atoms with Crippen LogP contribution in [-0.4, -0.2) is 46.1 Å². The van der Waals surface area contributed by atoms with Crippen LogP contribution in [0.5, 0.6) is 6.01 Å². The molecule has 3 N–H and O–H groups in total. The van der Waals surface area contributed by atoms with Gasteiger partial charge in [-0.2, -0.15) is 15.0 Å². The van der Waals surface area contributed by atoms with Gasteiger partial charge in [0, 0.05) is 12.6 Å².